The van der Waals surface area contributed by atoms with Crippen molar-refractivity contribution in [3.05, 3.63) is 65.7 Å². The van der Waals surface area contributed by atoms with Gasteiger partial charge in [-0.05, 0) is 44.4 Å². The molecule has 0 aliphatic rings. The number of benzene rings is 2. The molecule has 0 aliphatic heterocycles. The second-order valence-corrected chi connectivity index (χ2v) is 6.55. The summed E-state index contributed by atoms with van der Waals surface area (Å²) in [4.78, 5) is 24.7. The Hall–Kier alpha value is -2.76. The van der Waals surface area contributed by atoms with Crippen LogP contribution in [0.2, 0.25) is 0 Å². The van der Waals surface area contributed by atoms with E-state index in [9.17, 15) is 18.4 Å². The summed E-state index contributed by atoms with van der Waals surface area (Å²) in [5.41, 5.74) is -0.0756. The molecule has 0 saturated carbocycles. The number of hydrogen-bond acceptors (Lipinski definition) is 2. The van der Waals surface area contributed by atoms with Gasteiger partial charge < -0.3 is 10.6 Å². The summed E-state index contributed by atoms with van der Waals surface area (Å²) >= 11 is 0. The number of amides is 2. The van der Waals surface area contributed by atoms with Crippen LogP contribution in [0.4, 0.5) is 14.5 Å². The van der Waals surface area contributed by atoms with Gasteiger partial charge in [0.1, 0.15) is 5.41 Å². The summed E-state index contributed by atoms with van der Waals surface area (Å²) in [6.07, 6.45) is 1.57. The average molecular weight is 360 g/mol. The first-order valence-electron chi connectivity index (χ1n) is 8.39. The Morgan fingerprint density at radius 1 is 0.962 bits per heavy atom. The molecule has 0 aliphatic carbocycles. The zero-order chi connectivity index (χ0) is 19.2. The van der Waals surface area contributed by atoms with E-state index in [1.807, 2.05) is 30.3 Å². The van der Waals surface area contributed by atoms with Crippen molar-refractivity contribution in [2.24, 2.45) is 5.41 Å². The van der Waals surface area contributed by atoms with Crippen molar-refractivity contribution in [3.8, 4) is 0 Å². The molecule has 0 fully saturated rings. The molecule has 0 atom stereocenters. The predicted molar refractivity (Wildman–Crippen MR) is 96.5 cm³/mol. The number of carbonyl (C=O) groups is 2. The molecule has 0 saturated heterocycles. The van der Waals surface area contributed by atoms with Gasteiger partial charge in [0.25, 0.3) is 0 Å². The smallest absolute Gasteiger partial charge is 0.239 e. The van der Waals surface area contributed by atoms with Crippen LogP contribution in [0.1, 0.15) is 25.8 Å². The van der Waals surface area contributed by atoms with Gasteiger partial charge in [-0.25, -0.2) is 8.78 Å². The maximum absolute atomic E-state index is 13.2. The minimum atomic E-state index is -1.35. The lowest BCUT2D eigenvalue weighted by Crippen LogP contribution is -2.45. The van der Waals surface area contributed by atoms with E-state index in [2.05, 4.69) is 10.6 Å². The first-order chi connectivity index (χ1) is 12.3. The molecule has 2 amide bonds. The van der Waals surface area contributed by atoms with E-state index >= 15 is 0 Å². The van der Waals surface area contributed by atoms with Crippen LogP contribution in [0.25, 0.3) is 0 Å². The number of halogens is 2. The Kier molecular flexibility index (Phi) is 6.44. The van der Waals surface area contributed by atoms with E-state index in [0.717, 1.165) is 25.0 Å². The topological polar surface area (TPSA) is 58.2 Å². The van der Waals surface area contributed by atoms with Gasteiger partial charge in [0.2, 0.25) is 11.8 Å². The van der Waals surface area contributed by atoms with Crippen molar-refractivity contribution in [2.45, 2.75) is 26.7 Å². The largest absolute Gasteiger partial charge is 0.355 e. The monoisotopic (exact) mass is 360 g/mol. The summed E-state index contributed by atoms with van der Waals surface area (Å²) in [6, 6.07) is 12.9. The quantitative estimate of drug-likeness (QED) is 0.585. The summed E-state index contributed by atoms with van der Waals surface area (Å²) in [7, 11) is 0. The lowest BCUT2D eigenvalue weighted by Gasteiger charge is -2.22. The third-order valence-electron chi connectivity index (χ3n) is 4.08. The lowest BCUT2D eigenvalue weighted by atomic mass is 9.91. The number of anilines is 1. The average Bonchev–Trinajstić information content (AvgIpc) is 2.62. The Morgan fingerprint density at radius 2 is 1.65 bits per heavy atom. The molecular weight excluding hydrogens is 338 g/mol. The highest BCUT2D eigenvalue weighted by Crippen LogP contribution is 2.20. The van der Waals surface area contributed by atoms with Crippen molar-refractivity contribution in [1.29, 1.82) is 0 Å². The van der Waals surface area contributed by atoms with E-state index in [1.165, 1.54) is 25.5 Å². The fraction of sp³-hybridized carbons (Fsp3) is 0.300. The van der Waals surface area contributed by atoms with Crippen LogP contribution in [0, 0.1) is 17.0 Å². The SMILES string of the molecule is CC(C)(C(=O)NCCCc1ccccc1)C(=O)Nc1ccc(F)c(F)c1. The second kappa shape index (κ2) is 8.56. The van der Waals surface area contributed by atoms with E-state index in [-0.39, 0.29) is 5.69 Å². The number of rotatable bonds is 7. The molecule has 0 unspecified atom stereocenters. The van der Waals surface area contributed by atoms with Gasteiger partial charge in [-0.1, -0.05) is 30.3 Å². The summed E-state index contributed by atoms with van der Waals surface area (Å²) in [5.74, 6) is -3.08. The van der Waals surface area contributed by atoms with Gasteiger partial charge in [0, 0.05) is 18.3 Å². The maximum atomic E-state index is 13.2. The van der Waals surface area contributed by atoms with Crippen LogP contribution in [0.15, 0.2) is 48.5 Å². The highest BCUT2D eigenvalue weighted by Gasteiger charge is 2.35. The summed E-state index contributed by atoms with van der Waals surface area (Å²) in [5, 5.41) is 5.19. The molecule has 26 heavy (non-hydrogen) atoms. The van der Waals surface area contributed by atoms with Crippen LogP contribution in [-0.2, 0) is 16.0 Å². The van der Waals surface area contributed by atoms with Crippen LogP contribution < -0.4 is 10.6 Å². The minimum absolute atomic E-state index is 0.0962. The fourth-order valence-electron chi connectivity index (χ4n) is 2.32. The van der Waals surface area contributed by atoms with Crippen molar-refractivity contribution < 1.29 is 18.4 Å². The maximum Gasteiger partial charge on any atom is 0.239 e. The van der Waals surface area contributed by atoms with Crippen LogP contribution >= 0.6 is 0 Å². The summed E-state index contributed by atoms with van der Waals surface area (Å²) in [6.45, 7) is 3.40. The van der Waals surface area contributed by atoms with Gasteiger partial charge in [-0.3, -0.25) is 9.59 Å². The molecule has 2 rings (SSSR count). The molecule has 0 aromatic heterocycles. The van der Waals surface area contributed by atoms with E-state index < -0.39 is 28.9 Å². The van der Waals surface area contributed by atoms with Crippen LogP contribution in [0.3, 0.4) is 0 Å². The van der Waals surface area contributed by atoms with Gasteiger partial charge in [-0.2, -0.15) is 0 Å². The third kappa shape index (κ3) is 5.12. The fourth-order valence-corrected chi connectivity index (χ4v) is 2.32. The van der Waals surface area contributed by atoms with Crippen molar-refractivity contribution in [1.82, 2.24) is 5.32 Å². The van der Waals surface area contributed by atoms with E-state index in [1.54, 1.807) is 0 Å². The van der Waals surface area contributed by atoms with Crippen LogP contribution in [-0.4, -0.2) is 18.4 Å². The van der Waals surface area contributed by atoms with E-state index in [0.29, 0.717) is 6.54 Å². The van der Waals surface area contributed by atoms with Crippen molar-refractivity contribution in [2.75, 3.05) is 11.9 Å². The Labute approximate surface area is 151 Å². The normalized spacial score (nSPS) is 11.1. The summed E-state index contributed by atoms with van der Waals surface area (Å²) < 4.78 is 26.2. The van der Waals surface area contributed by atoms with Crippen LogP contribution in [0.5, 0.6) is 0 Å². The van der Waals surface area contributed by atoms with E-state index in [4.69, 9.17) is 0 Å². The minimum Gasteiger partial charge on any atom is -0.355 e. The number of carbonyl (C=O) groups excluding carboxylic acids is 2. The zero-order valence-electron chi connectivity index (χ0n) is 14.8. The molecule has 0 heterocycles. The molecule has 6 heteroatoms. The highest BCUT2D eigenvalue weighted by molar-refractivity contribution is 6.09. The standard InChI is InChI=1S/C20H22F2N2O2/c1-20(2,19(26)24-15-10-11-16(21)17(22)13-15)18(25)23-12-6-9-14-7-4-3-5-8-14/h3-5,7-8,10-11,13H,6,9,12H2,1-2H3,(H,23,25)(H,24,26). The third-order valence-corrected chi connectivity index (χ3v) is 4.08. The first kappa shape index (κ1) is 19.6. The molecule has 2 N–H and O–H groups in total. The number of nitrogens with one attached hydrogen (secondary N) is 2. The molecule has 0 radical (unpaired) electrons. The molecule has 0 bridgehead atoms. The highest BCUT2D eigenvalue weighted by atomic mass is 19.2. The molecule has 2 aromatic carbocycles. The molecule has 2 aromatic rings. The van der Waals surface area contributed by atoms with Gasteiger partial charge in [0.15, 0.2) is 11.6 Å². The van der Waals surface area contributed by atoms with Gasteiger partial charge >= 0.3 is 0 Å². The van der Waals surface area contributed by atoms with Gasteiger partial charge in [-0.15, -0.1) is 0 Å². The first-order valence-corrected chi connectivity index (χ1v) is 8.39. The van der Waals surface area contributed by atoms with Gasteiger partial charge in [0.05, 0.1) is 0 Å². The Bertz CT molecular complexity index is 777. The molecule has 138 valence electrons. The Balaban J connectivity index is 1.85. The molecule has 0 spiro atoms. The lowest BCUT2D eigenvalue weighted by molar-refractivity contribution is -0.138. The second-order valence-electron chi connectivity index (χ2n) is 6.55. The van der Waals surface area contributed by atoms with Crippen molar-refractivity contribution in [3.63, 3.8) is 0 Å². The zero-order valence-corrected chi connectivity index (χ0v) is 14.8. The molecular formula is C20H22F2N2O2. The number of aryl methyl sites for hydroxylation is 1. The Morgan fingerprint density at radius 3 is 2.31 bits per heavy atom. The predicted octanol–water partition coefficient (Wildman–Crippen LogP) is 3.68. The molecule has 4 nitrogen and oxygen atoms in total. The van der Waals surface area contributed by atoms with Crippen molar-refractivity contribution >= 4 is 17.5 Å². The number of hydrogen-bond donors (Lipinski definition) is 2.